The van der Waals surface area contributed by atoms with Gasteiger partial charge in [0.05, 0.1) is 0 Å². The zero-order chi connectivity index (χ0) is 11.0. The lowest BCUT2D eigenvalue weighted by Gasteiger charge is -2.49. The highest BCUT2D eigenvalue weighted by molar-refractivity contribution is 5.19. The first-order valence-corrected chi connectivity index (χ1v) is 5.55. The maximum Gasteiger partial charge on any atom is 0.133 e. The van der Waals surface area contributed by atoms with Gasteiger partial charge in [0.15, 0.2) is 0 Å². The van der Waals surface area contributed by atoms with E-state index in [2.05, 4.69) is 33.6 Å². The second-order valence-electron chi connectivity index (χ2n) is 5.54. The Morgan fingerprint density at radius 2 is 2.00 bits per heavy atom. The van der Waals surface area contributed by atoms with Crippen molar-refractivity contribution >= 4 is 0 Å². The van der Waals surface area contributed by atoms with Crippen molar-refractivity contribution in [3.8, 4) is 12.3 Å². The molecule has 1 aliphatic rings. The van der Waals surface area contributed by atoms with Crippen LogP contribution in [0.4, 0.5) is 0 Å². The first-order valence-electron chi connectivity index (χ1n) is 5.55. The molecule has 0 spiro atoms. The minimum Gasteiger partial charge on any atom is -0.377 e. The lowest BCUT2D eigenvalue weighted by molar-refractivity contribution is -0.106. The summed E-state index contributed by atoms with van der Waals surface area (Å²) in [5, 5.41) is 10.6. The van der Waals surface area contributed by atoms with E-state index in [1.807, 2.05) is 0 Å². The van der Waals surface area contributed by atoms with Gasteiger partial charge in [0.2, 0.25) is 0 Å². The maximum atomic E-state index is 10.6. The van der Waals surface area contributed by atoms with Crippen molar-refractivity contribution < 1.29 is 5.11 Å². The molecule has 0 aromatic rings. The van der Waals surface area contributed by atoms with Gasteiger partial charge in [-0.3, -0.25) is 0 Å². The van der Waals surface area contributed by atoms with Crippen LogP contribution in [0.1, 0.15) is 47.0 Å². The van der Waals surface area contributed by atoms with Gasteiger partial charge in [0.1, 0.15) is 5.60 Å². The summed E-state index contributed by atoms with van der Waals surface area (Å²) in [5.74, 6) is 3.36. The molecule has 0 amide bonds. The zero-order valence-electron chi connectivity index (χ0n) is 9.80. The fraction of sp³-hybridized carbons (Fsp3) is 0.846. The Morgan fingerprint density at radius 3 is 2.36 bits per heavy atom. The van der Waals surface area contributed by atoms with E-state index in [1.165, 1.54) is 6.42 Å². The topological polar surface area (TPSA) is 20.2 Å². The van der Waals surface area contributed by atoms with Gasteiger partial charge in [-0.15, -0.1) is 6.42 Å². The second-order valence-corrected chi connectivity index (χ2v) is 5.54. The van der Waals surface area contributed by atoms with E-state index < -0.39 is 5.60 Å². The van der Waals surface area contributed by atoms with E-state index in [9.17, 15) is 5.11 Å². The lowest BCUT2D eigenvalue weighted by atomic mass is 9.58. The molecule has 1 N–H and O–H groups in total. The average Bonchev–Trinajstić information content (AvgIpc) is 2.09. The molecule has 0 aromatic carbocycles. The molecule has 1 rings (SSSR count). The first kappa shape index (κ1) is 11.6. The van der Waals surface area contributed by atoms with E-state index in [-0.39, 0.29) is 11.3 Å². The Kier molecular flexibility index (Phi) is 2.97. The van der Waals surface area contributed by atoms with Crippen LogP contribution in [0, 0.1) is 29.6 Å². The summed E-state index contributed by atoms with van der Waals surface area (Å²) >= 11 is 0. The summed E-state index contributed by atoms with van der Waals surface area (Å²) < 4.78 is 0. The van der Waals surface area contributed by atoms with Crippen molar-refractivity contribution in [3.05, 3.63) is 0 Å². The van der Waals surface area contributed by atoms with Gasteiger partial charge >= 0.3 is 0 Å². The molecule has 80 valence electrons. The second kappa shape index (κ2) is 3.59. The van der Waals surface area contributed by atoms with Crippen LogP contribution in [-0.4, -0.2) is 10.7 Å². The molecule has 1 saturated carbocycles. The molecular formula is C13H22O. The van der Waals surface area contributed by atoms with Crippen LogP contribution < -0.4 is 0 Å². The molecule has 2 unspecified atom stereocenters. The Balaban J connectivity index is 3.04. The molecule has 0 radical (unpaired) electrons. The van der Waals surface area contributed by atoms with Crippen molar-refractivity contribution in [2.24, 2.45) is 17.3 Å². The molecule has 0 aromatic heterocycles. The zero-order valence-corrected chi connectivity index (χ0v) is 9.80. The molecule has 0 saturated heterocycles. The van der Waals surface area contributed by atoms with Gasteiger partial charge in [0.25, 0.3) is 0 Å². The summed E-state index contributed by atoms with van der Waals surface area (Å²) in [4.78, 5) is 0. The summed E-state index contributed by atoms with van der Waals surface area (Å²) in [6.07, 6.45) is 8.80. The molecule has 1 fully saturated rings. The van der Waals surface area contributed by atoms with Gasteiger partial charge in [-0.25, -0.2) is 0 Å². The number of terminal acetylenes is 1. The van der Waals surface area contributed by atoms with Crippen LogP contribution in [0.5, 0.6) is 0 Å². The Bertz CT molecular complexity index is 246. The van der Waals surface area contributed by atoms with Gasteiger partial charge in [-0.05, 0) is 18.8 Å². The third kappa shape index (κ3) is 1.57. The van der Waals surface area contributed by atoms with Crippen LogP contribution in [0.2, 0.25) is 0 Å². The molecular weight excluding hydrogens is 172 g/mol. The van der Waals surface area contributed by atoms with Gasteiger partial charge in [-0.1, -0.05) is 40.0 Å². The molecule has 1 nitrogen and oxygen atoms in total. The Morgan fingerprint density at radius 1 is 1.43 bits per heavy atom. The van der Waals surface area contributed by atoms with Crippen molar-refractivity contribution in [2.45, 2.75) is 52.6 Å². The van der Waals surface area contributed by atoms with E-state index in [0.717, 1.165) is 12.8 Å². The highest BCUT2D eigenvalue weighted by Crippen LogP contribution is 2.49. The molecule has 0 bridgehead atoms. The highest BCUT2D eigenvalue weighted by Gasteiger charge is 2.51. The standard InChI is InChI=1S/C13H22O/c1-6-13(14)11(10(2)3)8-7-9-12(13,4)5/h1,10-11,14H,7-9H2,2-5H3. The smallest absolute Gasteiger partial charge is 0.133 e. The van der Waals surface area contributed by atoms with Gasteiger partial charge in [0, 0.05) is 11.3 Å². The molecule has 14 heavy (non-hydrogen) atoms. The minimum absolute atomic E-state index is 0.144. The van der Waals surface area contributed by atoms with Gasteiger partial charge in [-0.2, -0.15) is 0 Å². The monoisotopic (exact) mass is 194 g/mol. The number of aliphatic hydroxyl groups is 1. The van der Waals surface area contributed by atoms with Gasteiger partial charge < -0.3 is 5.11 Å². The SMILES string of the molecule is C#CC1(O)C(C(C)C)CCCC1(C)C. The van der Waals surface area contributed by atoms with Crippen molar-refractivity contribution in [1.29, 1.82) is 0 Å². The fourth-order valence-electron chi connectivity index (χ4n) is 2.78. The third-order valence-corrected chi connectivity index (χ3v) is 3.91. The lowest BCUT2D eigenvalue weighted by Crippen LogP contribution is -2.53. The quantitative estimate of drug-likeness (QED) is 0.636. The fourth-order valence-corrected chi connectivity index (χ4v) is 2.78. The molecule has 1 aliphatic carbocycles. The minimum atomic E-state index is -0.917. The van der Waals surface area contributed by atoms with Crippen LogP contribution in [0.3, 0.4) is 0 Å². The molecule has 2 atom stereocenters. The number of rotatable bonds is 1. The largest absolute Gasteiger partial charge is 0.377 e. The van der Waals surface area contributed by atoms with Crippen LogP contribution in [0.15, 0.2) is 0 Å². The van der Waals surface area contributed by atoms with Crippen molar-refractivity contribution in [1.82, 2.24) is 0 Å². The molecule has 1 heteroatoms. The molecule has 0 aliphatic heterocycles. The van der Waals surface area contributed by atoms with E-state index in [1.54, 1.807) is 0 Å². The summed E-state index contributed by atoms with van der Waals surface area (Å²) in [6.45, 7) is 8.46. The normalized spacial score (nSPS) is 36.8. The van der Waals surface area contributed by atoms with E-state index in [4.69, 9.17) is 6.42 Å². The number of hydrogen-bond acceptors (Lipinski definition) is 1. The average molecular weight is 194 g/mol. The van der Waals surface area contributed by atoms with Crippen LogP contribution in [-0.2, 0) is 0 Å². The van der Waals surface area contributed by atoms with E-state index >= 15 is 0 Å². The molecule has 0 heterocycles. The van der Waals surface area contributed by atoms with E-state index in [0.29, 0.717) is 5.92 Å². The van der Waals surface area contributed by atoms with Crippen LogP contribution in [0.25, 0.3) is 0 Å². The van der Waals surface area contributed by atoms with Crippen molar-refractivity contribution in [2.75, 3.05) is 0 Å². The number of hydrogen-bond donors (Lipinski definition) is 1. The maximum absolute atomic E-state index is 10.6. The predicted octanol–water partition coefficient (Wildman–Crippen LogP) is 2.83. The Labute approximate surface area is 87.9 Å². The summed E-state index contributed by atoms with van der Waals surface area (Å²) in [7, 11) is 0. The predicted molar refractivity (Wildman–Crippen MR) is 59.7 cm³/mol. The highest BCUT2D eigenvalue weighted by atomic mass is 16.3. The summed E-state index contributed by atoms with van der Waals surface area (Å²) in [5.41, 5.74) is -1.06. The Hall–Kier alpha value is -0.480. The van der Waals surface area contributed by atoms with Crippen molar-refractivity contribution in [3.63, 3.8) is 0 Å². The summed E-state index contributed by atoms with van der Waals surface area (Å²) in [6, 6.07) is 0. The van der Waals surface area contributed by atoms with Crippen LogP contribution >= 0.6 is 0 Å². The first-order chi connectivity index (χ1) is 6.35. The third-order valence-electron chi connectivity index (χ3n) is 3.91.